The fraction of sp³-hybridized carbons (Fsp3) is 0.316. The lowest BCUT2D eigenvalue weighted by molar-refractivity contribution is -0.119. The predicted molar refractivity (Wildman–Crippen MR) is 97.3 cm³/mol. The van der Waals surface area contributed by atoms with E-state index in [4.69, 9.17) is 4.74 Å². The highest BCUT2D eigenvalue weighted by atomic mass is 16.5. The molecule has 2 N–H and O–H groups in total. The van der Waals surface area contributed by atoms with Gasteiger partial charge in [-0.15, -0.1) is 0 Å². The third-order valence-electron chi connectivity index (χ3n) is 3.44. The van der Waals surface area contributed by atoms with Crippen molar-refractivity contribution in [1.29, 1.82) is 0 Å². The third-order valence-corrected chi connectivity index (χ3v) is 3.44. The Balaban J connectivity index is 1.70. The molecule has 0 radical (unpaired) electrons. The van der Waals surface area contributed by atoms with E-state index in [2.05, 4.69) is 10.6 Å². The number of benzene rings is 2. The van der Waals surface area contributed by atoms with Gasteiger partial charge in [0.15, 0.2) is 0 Å². The molecule has 0 aliphatic rings. The fourth-order valence-corrected chi connectivity index (χ4v) is 2.07. The van der Waals surface area contributed by atoms with E-state index in [1.165, 1.54) is 0 Å². The van der Waals surface area contributed by atoms with Gasteiger partial charge in [0, 0.05) is 18.8 Å². The van der Waals surface area contributed by atoms with Gasteiger partial charge in [0.1, 0.15) is 12.4 Å². The number of anilines is 1. The molecule has 0 atom stereocenters. The number of hydrogen-bond donors (Lipinski definition) is 2. The van der Waals surface area contributed by atoms with Crippen molar-refractivity contribution in [3.8, 4) is 5.75 Å². The van der Waals surface area contributed by atoms with Crippen molar-refractivity contribution >= 4 is 11.6 Å². The largest absolute Gasteiger partial charge is 0.489 e. The number of likely N-dealkylation sites (N-methyl/N-ethyl adjacent to an activating group) is 1. The maximum absolute atomic E-state index is 11.7. The second-order valence-electron chi connectivity index (χ2n) is 5.81. The Morgan fingerprint density at radius 1 is 1.04 bits per heavy atom. The molecule has 0 heterocycles. The zero-order valence-corrected chi connectivity index (χ0v) is 14.3. The molecule has 24 heavy (non-hydrogen) atoms. The Labute approximate surface area is 143 Å². The van der Waals surface area contributed by atoms with Gasteiger partial charge in [0.2, 0.25) is 5.91 Å². The van der Waals surface area contributed by atoms with Crippen LogP contribution in [-0.4, -0.2) is 44.5 Å². The van der Waals surface area contributed by atoms with Crippen LogP contribution in [0.25, 0.3) is 0 Å². The lowest BCUT2D eigenvalue weighted by Gasteiger charge is -2.11. The maximum Gasteiger partial charge on any atom is 0.239 e. The number of nitrogens with zero attached hydrogens (tertiary/aromatic N) is 1. The minimum atomic E-state index is -0.0127. The summed E-state index contributed by atoms with van der Waals surface area (Å²) in [5, 5.41) is 5.97. The van der Waals surface area contributed by atoms with Crippen LogP contribution in [0.3, 0.4) is 0 Å². The van der Waals surface area contributed by atoms with Crippen LogP contribution in [0.15, 0.2) is 54.6 Å². The SMILES string of the molecule is CN(C)CCNC(=O)CNc1ccc(OCc2ccccc2)cc1. The van der Waals surface area contributed by atoms with Crippen molar-refractivity contribution in [2.24, 2.45) is 0 Å². The van der Waals surface area contributed by atoms with E-state index in [-0.39, 0.29) is 12.5 Å². The molecule has 5 nitrogen and oxygen atoms in total. The van der Waals surface area contributed by atoms with Crippen LogP contribution in [0.2, 0.25) is 0 Å². The van der Waals surface area contributed by atoms with Gasteiger partial charge in [-0.3, -0.25) is 4.79 Å². The second-order valence-corrected chi connectivity index (χ2v) is 5.81. The molecule has 5 heteroatoms. The van der Waals surface area contributed by atoms with Crippen molar-refractivity contribution in [3.05, 3.63) is 60.2 Å². The molecule has 0 spiro atoms. The molecule has 2 aromatic carbocycles. The Bertz CT molecular complexity index is 612. The minimum absolute atomic E-state index is 0.0127. The molecule has 0 aliphatic carbocycles. The standard InChI is InChI=1S/C19H25N3O2/c1-22(2)13-12-20-19(23)14-21-17-8-10-18(11-9-17)24-15-16-6-4-3-5-7-16/h3-11,21H,12-15H2,1-2H3,(H,20,23). The number of amides is 1. The number of carbonyl (C=O) groups excluding carboxylic acids is 1. The van der Waals surface area contributed by atoms with Crippen LogP contribution in [-0.2, 0) is 11.4 Å². The summed E-state index contributed by atoms with van der Waals surface area (Å²) >= 11 is 0. The average Bonchev–Trinajstić information content (AvgIpc) is 2.59. The summed E-state index contributed by atoms with van der Waals surface area (Å²) in [4.78, 5) is 13.7. The third kappa shape index (κ3) is 6.71. The number of ether oxygens (including phenoxy) is 1. The predicted octanol–water partition coefficient (Wildman–Crippen LogP) is 2.36. The van der Waals surface area contributed by atoms with Gasteiger partial charge in [-0.1, -0.05) is 30.3 Å². The van der Waals surface area contributed by atoms with Gasteiger partial charge in [-0.25, -0.2) is 0 Å². The van der Waals surface area contributed by atoms with Crippen LogP contribution >= 0.6 is 0 Å². The van der Waals surface area contributed by atoms with Crippen molar-refractivity contribution < 1.29 is 9.53 Å². The monoisotopic (exact) mass is 327 g/mol. The summed E-state index contributed by atoms with van der Waals surface area (Å²) in [5.74, 6) is 0.793. The number of carbonyl (C=O) groups is 1. The van der Waals surface area contributed by atoms with E-state index in [1.807, 2.05) is 73.6 Å². The van der Waals surface area contributed by atoms with E-state index >= 15 is 0 Å². The molecule has 0 aliphatic heterocycles. The molecular formula is C19H25N3O2. The average molecular weight is 327 g/mol. The Kier molecular flexibility index (Phi) is 7.11. The van der Waals surface area contributed by atoms with E-state index < -0.39 is 0 Å². The van der Waals surface area contributed by atoms with Gasteiger partial charge in [-0.2, -0.15) is 0 Å². The molecular weight excluding hydrogens is 302 g/mol. The van der Waals surface area contributed by atoms with Crippen LogP contribution in [0, 0.1) is 0 Å². The van der Waals surface area contributed by atoms with Crippen molar-refractivity contribution in [3.63, 3.8) is 0 Å². The zero-order valence-electron chi connectivity index (χ0n) is 14.3. The van der Waals surface area contributed by atoms with Gasteiger partial charge in [-0.05, 0) is 43.9 Å². The Morgan fingerprint density at radius 3 is 2.42 bits per heavy atom. The molecule has 2 aromatic rings. The van der Waals surface area contributed by atoms with Crippen molar-refractivity contribution in [1.82, 2.24) is 10.2 Å². The van der Waals surface area contributed by atoms with Crippen molar-refractivity contribution in [2.45, 2.75) is 6.61 Å². The van der Waals surface area contributed by atoms with Crippen molar-refractivity contribution in [2.75, 3.05) is 39.0 Å². The van der Waals surface area contributed by atoms with E-state index in [0.717, 1.165) is 23.5 Å². The maximum atomic E-state index is 11.7. The van der Waals surface area contributed by atoms with E-state index in [9.17, 15) is 4.79 Å². The first-order chi connectivity index (χ1) is 11.6. The minimum Gasteiger partial charge on any atom is -0.489 e. The highest BCUT2D eigenvalue weighted by molar-refractivity contribution is 5.80. The summed E-state index contributed by atoms with van der Waals surface area (Å²) in [5.41, 5.74) is 2.03. The lowest BCUT2D eigenvalue weighted by Crippen LogP contribution is -2.34. The topological polar surface area (TPSA) is 53.6 Å². The summed E-state index contributed by atoms with van der Waals surface area (Å²) in [6, 6.07) is 17.7. The molecule has 0 saturated carbocycles. The molecule has 0 aromatic heterocycles. The number of rotatable bonds is 9. The first-order valence-electron chi connectivity index (χ1n) is 8.05. The molecule has 0 unspecified atom stereocenters. The molecule has 128 valence electrons. The lowest BCUT2D eigenvalue weighted by atomic mass is 10.2. The van der Waals surface area contributed by atoms with Crippen LogP contribution in [0.1, 0.15) is 5.56 Å². The Morgan fingerprint density at radius 2 is 1.75 bits per heavy atom. The summed E-state index contributed by atoms with van der Waals surface area (Å²) < 4.78 is 5.74. The fourth-order valence-electron chi connectivity index (χ4n) is 2.07. The quantitative estimate of drug-likeness (QED) is 0.742. The normalized spacial score (nSPS) is 10.5. The first kappa shape index (κ1) is 17.8. The molecule has 1 amide bonds. The summed E-state index contributed by atoms with van der Waals surface area (Å²) in [6.45, 7) is 2.29. The first-order valence-corrected chi connectivity index (χ1v) is 8.05. The zero-order chi connectivity index (χ0) is 17.2. The summed E-state index contributed by atoms with van der Waals surface area (Å²) in [6.07, 6.45) is 0. The highest BCUT2D eigenvalue weighted by Crippen LogP contribution is 2.16. The Hall–Kier alpha value is -2.53. The molecule has 0 fully saturated rings. The van der Waals surface area contributed by atoms with Gasteiger partial charge >= 0.3 is 0 Å². The van der Waals surface area contributed by atoms with Crippen LogP contribution < -0.4 is 15.4 Å². The van der Waals surface area contributed by atoms with Crippen LogP contribution in [0.5, 0.6) is 5.75 Å². The van der Waals surface area contributed by atoms with E-state index in [1.54, 1.807) is 0 Å². The molecule has 0 bridgehead atoms. The van der Waals surface area contributed by atoms with E-state index in [0.29, 0.717) is 13.2 Å². The summed E-state index contributed by atoms with van der Waals surface area (Å²) in [7, 11) is 3.96. The van der Waals surface area contributed by atoms with Gasteiger partial charge in [0.25, 0.3) is 0 Å². The van der Waals surface area contributed by atoms with Gasteiger partial charge in [0.05, 0.1) is 6.54 Å². The second kappa shape index (κ2) is 9.57. The number of nitrogens with one attached hydrogen (secondary N) is 2. The molecule has 0 saturated heterocycles. The highest BCUT2D eigenvalue weighted by Gasteiger charge is 2.01. The smallest absolute Gasteiger partial charge is 0.239 e. The van der Waals surface area contributed by atoms with Crippen LogP contribution in [0.4, 0.5) is 5.69 Å². The molecule has 2 rings (SSSR count). The van der Waals surface area contributed by atoms with Gasteiger partial charge < -0.3 is 20.3 Å². The number of hydrogen-bond acceptors (Lipinski definition) is 4.